The van der Waals surface area contributed by atoms with Crippen molar-refractivity contribution in [3.8, 4) is 11.5 Å². The van der Waals surface area contributed by atoms with Gasteiger partial charge in [0.1, 0.15) is 16.4 Å². The van der Waals surface area contributed by atoms with Gasteiger partial charge in [-0.1, -0.05) is 45.9 Å². The third kappa shape index (κ3) is 4.40. The first-order chi connectivity index (χ1) is 16.3. The van der Waals surface area contributed by atoms with E-state index < -0.39 is 15.7 Å². The standard InChI is InChI=1S/C27H28Br2O5S.Na/c1-13(2)17-11-20(15(5)23(28)25(17)30)27(19-9-7-8-10-22(19)35(32,33)34-27)21-12-18(14(3)4)26(31)24(29)16(21)6;/h7-14,30-31H,1-6H3;. The molecule has 187 valence electrons. The molecular formula is C27H28Br2NaO5S. The van der Waals surface area contributed by atoms with E-state index >= 15 is 0 Å². The van der Waals surface area contributed by atoms with Crippen LogP contribution in [0.3, 0.4) is 0 Å². The fourth-order valence-electron chi connectivity index (χ4n) is 4.88. The molecule has 0 amide bonds. The predicted octanol–water partition coefficient (Wildman–Crippen LogP) is 7.12. The van der Waals surface area contributed by atoms with Gasteiger partial charge in [0.15, 0.2) is 5.60 Å². The van der Waals surface area contributed by atoms with E-state index in [0.717, 1.165) is 0 Å². The second kappa shape index (κ2) is 10.4. The number of rotatable bonds is 4. The maximum atomic E-state index is 13.4. The molecule has 1 aliphatic heterocycles. The minimum atomic E-state index is -4.11. The first-order valence-corrected chi connectivity index (χ1v) is 14.3. The number of aromatic hydroxyl groups is 2. The van der Waals surface area contributed by atoms with E-state index in [2.05, 4.69) is 31.9 Å². The summed E-state index contributed by atoms with van der Waals surface area (Å²) in [5, 5.41) is 21.7. The Morgan fingerprint density at radius 2 is 1.22 bits per heavy atom. The average Bonchev–Trinajstić information content (AvgIpc) is 3.03. The van der Waals surface area contributed by atoms with Gasteiger partial charge in [-0.25, -0.2) is 4.18 Å². The van der Waals surface area contributed by atoms with Gasteiger partial charge in [0.2, 0.25) is 0 Å². The molecule has 3 aromatic carbocycles. The first kappa shape index (κ1) is 29.7. The molecule has 1 aliphatic rings. The SMILES string of the molecule is Cc1c(C2(c3cc(C(C)C)c(O)c(Br)c3C)OS(=O)(=O)c3ccccc32)cc(C(C)C)c(O)c1Br.[Na]. The Kier molecular flexibility index (Phi) is 8.54. The van der Waals surface area contributed by atoms with Crippen LogP contribution in [0.25, 0.3) is 0 Å². The second-order valence-electron chi connectivity index (χ2n) is 9.63. The summed E-state index contributed by atoms with van der Waals surface area (Å²) < 4.78 is 34.0. The van der Waals surface area contributed by atoms with E-state index in [0.29, 0.717) is 47.9 Å². The van der Waals surface area contributed by atoms with Crippen molar-refractivity contribution in [2.45, 2.75) is 63.9 Å². The molecule has 5 nitrogen and oxygen atoms in total. The van der Waals surface area contributed by atoms with Gasteiger partial charge in [-0.3, -0.25) is 0 Å². The van der Waals surface area contributed by atoms with Crippen molar-refractivity contribution >= 4 is 71.5 Å². The Hall–Kier alpha value is -0.870. The van der Waals surface area contributed by atoms with Crippen molar-refractivity contribution in [1.29, 1.82) is 0 Å². The fourth-order valence-corrected chi connectivity index (χ4v) is 7.18. The summed E-state index contributed by atoms with van der Waals surface area (Å²) in [6.07, 6.45) is 0. The average molecular weight is 647 g/mol. The predicted molar refractivity (Wildman–Crippen MR) is 150 cm³/mol. The van der Waals surface area contributed by atoms with E-state index in [9.17, 15) is 18.6 Å². The Labute approximate surface area is 252 Å². The summed E-state index contributed by atoms with van der Waals surface area (Å²) in [5.41, 5.74) is 2.84. The van der Waals surface area contributed by atoms with Crippen LogP contribution in [0.15, 0.2) is 50.2 Å². The van der Waals surface area contributed by atoms with Crippen molar-refractivity contribution < 1.29 is 22.8 Å². The van der Waals surface area contributed by atoms with Crippen LogP contribution in [0.5, 0.6) is 11.5 Å². The van der Waals surface area contributed by atoms with Crippen molar-refractivity contribution in [2.24, 2.45) is 0 Å². The van der Waals surface area contributed by atoms with Crippen LogP contribution in [-0.2, 0) is 19.9 Å². The summed E-state index contributed by atoms with van der Waals surface area (Å²) in [6.45, 7) is 11.5. The molecule has 0 atom stereocenters. The topological polar surface area (TPSA) is 83.8 Å². The fraction of sp³-hybridized carbons (Fsp3) is 0.333. The molecule has 0 saturated heterocycles. The molecule has 0 aromatic heterocycles. The van der Waals surface area contributed by atoms with E-state index in [1.54, 1.807) is 24.3 Å². The van der Waals surface area contributed by atoms with Crippen LogP contribution in [0.4, 0.5) is 0 Å². The number of hydrogen-bond acceptors (Lipinski definition) is 5. The molecular weight excluding hydrogens is 619 g/mol. The molecule has 1 radical (unpaired) electrons. The van der Waals surface area contributed by atoms with Gasteiger partial charge in [0, 0.05) is 35.1 Å². The summed E-state index contributed by atoms with van der Waals surface area (Å²) in [4.78, 5) is 0.101. The molecule has 0 unspecified atom stereocenters. The number of benzene rings is 3. The summed E-state index contributed by atoms with van der Waals surface area (Å²) >= 11 is 7.08. The molecule has 0 spiro atoms. The van der Waals surface area contributed by atoms with Gasteiger partial charge < -0.3 is 10.2 Å². The molecule has 0 saturated carbocycles. The minimum Gasteiger partial charge on any atom is -0.506 e. The quantitative estimate of drug-likeness (QED) is 0.233. The van der Waals surface area contributed by atoms with E-state index in [-0.39, 0.29) is 57.8 Å². The van der Waals surface area contributed by atoms with Gasteiger partial charge in [-0.2, -0.15) is 8.42 Å². The second-order valence-corrected chi connectivity index (χ2v) is 12.7. The van der Waals surface area contributed by atoms with E-state index in [4.69, 9.17) is 4.18 Å². The van der Waals surface area contributed by atoms with Gasteiger partial charge in [-0.15, -0.1) is 0 Å². The number of phenols is 2. The van der Waals surface area contributed by atoms with Crippen LogP contribution < -0.4 is 0 Å². The van der Waals surface area contributed by atoms with E-state index in [1.165, 1.54) is 0 Å². The molecule has 1 heterocycles. The largest absolute Gasteiger partial charge is 0.506 e. The van der Waals surface area contributed by atoms with Crippen LogP contribution in [0.2, 0.25) is 0 Å². The molecule has 2 N–H and O–H groups in total. The zero-order valence-corrected chi connectivity index (χ0v) is 27.4. The Balaban J connectivity index is 0.00000361. The Bertz CT molecular complexity index is 1400. The smallest absolute Gasteiger partial charge is 0.298 e. The van der Waals surface area contributed by atoms with Crippen LogP contribution in [0.1, 0.15) is 78.5 Å². The first-order valence-electron chi connectivity index (χ1n) is 11.4. The maximum absolute atomic E-state index is 13.4. The molecule has 0 fully saturated rings. The van der Waals surface area contributed by atoms with Crippen molar-refractivity contribution in [1.82, 2.24) is 0 Å². The molecule has 0 aliphatic carbocycles. The molecule has 3 aromatic rings. The summed E-state index contributed by atoms with van der Waals surface area (Å²) in [7, 11) is -4.11. The van der Waals surface area contributed by atoms with Crippen LogP contribution in [0, 0.1) is 13.8 Å². The zero-order chi connectivity index (χ0) is 26.0. The third-order valence-corrected chi connectivity index (χ3v) is 10.1. The minimum absolute atomic E-state index is 0. The van der Waals surface area contributed by atoms with Gasteiger partial charge in [0.25, 0.3) is 10.1 Å². The van der Waals surface area contributed by atoms with Crippen molar-refractivity contribution in [2.75, 3.05) is 0 Å². The molecule has 36 heavy (non-hydrogen) atoms. The number of phenolic OH excluding ortho intramolecular Hbond substituents is 2. The van der Waals surface area contributed by atoms with Crippen molar-refractivity contribution in [3.05, 3.63) is 84.3 Å². The van der Waals surface area contributed by atoms with Crippen LogP contribution in [-0.4, -0.2) is 48.2 Å². The normalized spacial score (nSPS) is 15.7. The molecule has 0 bridgehead atoms. The summed E-state index contributed by atoms with van der Waals surface area (Å²) in [5.74, 6) is 0.179. The monoisotopic (exact) mass is 645 g/mol. The Morgan fingerprint density at radius 3 is 1.64 bits per heavy atom. The third-order valence-electron chi connectivity index (χ3n) is 6.80. The maximum Gasteiger partial charge on any atom is 0.298 e. The number of hydrogen-bond donors (Lipinski definition) is 2. The molecule has 4 rings (SSSR count). The van der Waals surface area contributed by atoms with Crippen LogP contribution >= 0.6 is 31.9 Å². The molecule has 9 heteroatoms. The van der Waals surface area contributed by atoms with Gasteiger partial charge >= 0.3 is 0 Å². The van der Waals surface area contributed by atoms with Gasteiger partial charge in [0.05, 0.1) is 8.95 Å². The van der Waals surface area contributed by atoms with Gasteiger partial charge in [-0.05, 0) is 109 Å². The Morgan fingerprint density at radius 1 is 0.806 bits per heavy atom. The zero-order valence-electron chi connectivity index (χ0n) is 21.4. The number of halogens is 2. The van der Waals surface area contributed by atoms with E-state index in [1.807, 2.05) is 53.7 Å². The van der Waals surface area contributed by atoms with Crippen molar-refractivity contribution in [3.63, 3.8) is 0 Å². The number of fused-ring (bicyclic) bond motifs is 1. The summed E-state index contributed by atoms with van der Waals surface area (Å²) in [6, 6.07) is 10.5.